The lowest BCUT2D eigenvalue weighted by Gasteiger charge is -2.30. The zero-order valence-corrected chi connectivity index (χ0v) is 32.1. The quantitative estimate of drug-likeness (QED) is 0.297. The molecule has 3 fully saturated rings. The minimum absolute atomic E-state index is 0.0155. The maximum Gasteiger partial charge on any atom is 0.319 e. The molecule has 3 aromatic rings. The fourth-order valence-corrected chi connectivity index (χ4v) is 9.28. The molecule has 2 aromatic heterocycles. The standard InChI is InChI=1S/C37H45FN6O7S2/c1-21(2)26-20-52-32(40-26)25-17-29(24-11-12-28(50-5)30(38)31(24)39-25)51-23-16-27-33(45)43(4)15-9-7-6-8-10-22-18-37(22,41-35(47)44(27)19-23)34(46)42-53(48,49)36(3)13-14-36/h8,10-12,17,20-23,27H,6-7,9,13-16,18-19H2,1-5H3,(H,41,47)(H,42,46)/b10-8+/t22-,23+,27+,37-/m1/s1. The van der Waals surface area contributed by atoms with Crippen LogP contribution in [0.1, 0.15) is 77.3 Å². The predicted molar refractivity (Wildman–Crippen MR) is 198 cm³/mol. The van der Waals surface area contributed by atoms with Crippen LogP contribution in [0.5, 0.6) is 11.5 Å². The van der Waals surface area contributed by atoms with E-state index in [1.165, 1.54) is 29.4 Å². The van der Waals surface area contributed by atoms with Crippen LogP contribution in [0.2, 0.25) is 0 Å². The Hall–Kier alpha value is -4.31. The molecule has 7 rings (SSSR count). The average Bonchev–Trinajstić information content (AvgIpc) is 3.89. The lowest BCUT2D eigenvalue weighted by molar-refractivity contribution is -0.134. The van der Waals surface area contributed by atoms with Gasteiger partial charge < -0.3 is 24.6 Å². The average molecular weight is 769 g/mol. The highest BCUT2D eigenvalue weighted by Crippen LogP contribution is 2.47. The Morgan fingerprint density at radius 3 is 2.64 bits per heavy atom. The number of carbonyl (C=O) groups is 3. The minimum Gasteiger partial charge on any atom is -0.494 e. The van der Waals surface area contributed by atoms with E-state index < -0.39 is 56.1 Å². The molecule has 2 aliphatic heterocycles. The number of nitrogens with one attached hydrogen (secondary N) is 2. The number of sulfonamides is 1. The number of urea groups is 1. The molecule has 2 N–H and O–H groups in total. The van der Waals surface area contributed by atoms with Gasteiger partial charge in [0.05, 0.1) is 24.1 Å². The fourth-order valence-electron chi connectivity index (χ4n) is 7.03. The van der Waals surface area contributed by atoms with E-state index in [9.17, 15) is 22.8 Å². The number of carbonyl (C=O) groups excluding carboxylic acids is 3. The van der Waals surface area contributed by atoms with Gasteiger partial charge in [0.25, 0.3) is 5.91 Å². The van der Waals surface area contributed by atoms with Gasteiger partial charge in [-0.2, -0.15) is 0 Å². The van der Waals surface area contributed by atoms with Crippen molar-refractivity contribution in [3.8, 4) is 22.2 Å². The number of allylic oxidation sites excluding steroid dienone is 1. The molecule has 2 saturated carbocycles. The Balaban J connectivity index is 1.21. The summed E-state index contributed by atoms with van der Waals surface area (Å²) in [6, 6.07) is 3.22. The van der Waals surface area contributed by atoms with Gasteiger partial charge in [-0.3, -0.25) is 14.3 Å². The van der Waals surface area contributed by atoms with E-state index in [1.807, 2.05) is 31.4 Å². The molecule has 16 heteroatoms. The van der Waals surface area contributed by atoms with Gasteiger partial charge in [-0.1, -0.05) is 26.0 Å². The topological polar surface area (TPSA) is 160 Å². The van der Waals surface area contributed by atoms with Gasteiger partial charge >= 0.3 is 6.03 Å². The van der Waals surface area contributed by atoms with Gasteiger partial charge in [-0.25, -0.2) is 27.6 Å². The lowest BCUT2D eigenvalue weighted by Crippen LogP contribution is -2.58. The Bertz CT molecular complexity index is 2100. The van der Waals surface area contributed by atoms with E-state index in [2.05, 4.69) is 15.0 Å². The number of benzene rings is 1. The normalized spacial score (nSPS) is 26.4. The van der Waals surface area contributed by atoms with Crippen molar-refractivity contribution in [2.75, 3.05) is 27.2 Å². The molecule has 4 amide bonds. The van der Waals surface area contributed by atoms with Crippen molar-refractivity contribution in [1.29, 1.82) is 0 Å². The van der Waals surface area contributed by atoms with Crippen LogP contribution in [0.3, 0.4) is 0 Å². The fraction of sp³-hybridized carbons (Fsp3) is 0.541. The van der Waals surface area contributed by atoms with Gasteiger partial charge in [-0.15, -0.1) is 11.3 Å². The third-order valence-corrected chi connectivity index (χ3v) is 14.0. The number of halogens is 1. The number of hydrogen-bond acceptors (Lipinski definition) is 10. The number of aromatic nitrogens is 2. The third kappa shape index (κ3) is 6.95. The van der Waals surface area contributed by atoms with Crippen molar-refractivity contribution in [1.82, 2.24) is 29.8 Å². The van der Waals surface area contributed by atoms with Gasteiger partial charge in [0, 0.05) is 42.8 Å². The Kier molecular flexibility index (Phi) is 9.66. The first kappa shape index (κ1) is 37.0. The maximum absolute atomic E-state index is 15.7. The molecule has 1 aromatic carbocycles. The molecule has 284 valence electrons. The van der Waals surface area contributed by atoms with Crippen molar-refractivity contribution in [3.63, 3.8) is 0 Å². The van der Waals surface area contributed by atoms with Crippen molar-refractivity contribution >= 4 is 50.1 Å². The number of amides is 4. The molecule has 13 nitrogen and oxygen atoms in total. The third-order valence-electron chi connectivity index (χ3n) is 10.9. The number of likely N-dealkylation sites (N-methyl/N-ethyl adjacent to an activating group) is 1. The van der Waals surface area contributed by atoms with Crippen LogP contribution in [-0.4, -0.2) is 95.7 Å². The smallest absolute Gasteiger partial charge is 0.319 e. The zero-order chi connectivity index (χ0) is 37.9. The number of methoxy groups -OCH3 is 1. The predicted octanol–water partition coefficient (Wildman–Crippen LogP) is 5.12. The van der Waals surface area contributed by atoms with E-state index in [4.69, 9.17) is 14.5 Å². The summed E-state index contributed by atoms with van der Waals surface area (Å²) < 4.78 is 54.9. The van der Waals surface area contributed by atoms with Crippen LogP contribution in [-0.2, 0) is 19.6 Å². The second-order valence-corrected chi connectivity index (χ2v) is 18.2. The van der Waals surface area contributed by atoms with Crippen molar-refractivity contribution < 1.29 is 36.7 Å². The number of pyridine rings is 1. The summed E-state index contributed by atoms with van der Waals surface area (Å²) in [5.41, 5.74) is -0.195. The van der Waals surface area contributed by atoms with E-state index in [1.54, 1.807) is 31.0 Å². The molecule has 0 bridgehead atoms. The first-order valence-electron chi connectivity index (χ1n) is 18.0. The van der Waals surface area contributed by atoms with Gasteiger partial charge in [0.1, 0.15) is 39.7 Å². The van der Waals surface area contributed by atoms with Gasteiger partial charge in [0.2, 0.25) is 15.9 Å². The maximum atomic E-state index is 15.7. The van der Waals surface area contributed by atoms with E-state index in [0.29, 0.717) is 47.6 Å². The summed E-state index contributed by atoms with van der Waals surface area (Å²) in [5.74, 6) is -1.66. The molecule has 53 heavy (non-hydrogen) atoms. The summed E-state index contributed by atoms with van der Waals surface area (Å²) in [7, 11) is -0.898. The molecule has 4 aliphatic rings. The number of fused-ring (bicyclic) bond motifs is 3. The molecular formula is C37H45FN6O7S2. The van der Waals surface area contributed by atoms with Crippen molar-refractivity contribution in [3.05, 3.63) is 47.2 Å². The summed E-state index contributed by atoms with van der Waals surface area (Å²) in [6.07, 6.45) is 6.58. The van der Waals surface area contributed by atoms with Crippen LogP contribution in [0.4, 0.5) is 9.18 Å². The Morgan fingerprint density at radius 1 is 1.17 bits per heavy atom. The van der Waals surface area contributed by atoms with Crippen LogP contribution >= 0.6 is 11.3 Å². The minimum atomic E-state index is -3.97. The number of thiazole rings is 1. The van der Waals surface area contributed by atoms with Crippen molar-refractivity contribution in [2.24, 2.45) is 5.92 Å². The Labute approximate surface area is 312 Å². The molecule has 2 aliphatic carbocycles. The highest BCUT2D eigenvalue weighted by Gasteiger charge is 2.63. The second kappa shape index (κ2) is 13.8. The van der Waals surface area contributed by atoms with Crippen molar-refractivity contribution in [2.45, 2.75) is 94.1 Å². The first-order chi connectivity index (χ1) is 25.2. The lowest BCUT2D eigenvalue weighted by atomic mass is 10.1. The van der Waals surface area contributed by atoms with E-state index in [-0.39, 0.29) is 42.5 Å². The van der Waals surface area contributed by atoms with Gasteiger partial charge in [-0.05, 0) is 63.5 Å². The largest absolute Gasteiger partial charge is 0.494 e. The van der Waals surface area contributed by atoms with Crippen LogP contribution in [0, 0.1) is 11.7 Å². The second-order valence-electron chi connectivity index (χ2n) is 15.1. The Morgan fingerprint density at radius 2 is 1.94 bits per heavy atom. The first-order valence-corrected chi connectivity index (χ1v) is 20.4. The summed E-state index contributed by atoms with van der Waals surface area (Å²) in [4.78, 5) is 54.2. The SMILES string of the molecule is COc1ccc2c(O[C@H]3C[C@H]4C(=O)N(C)CCCC/C=C/[C@@H]5C[C@@]5(C(=O)NS(=O)(=O)C5(C)CC5)NC(=O)N4C3)cc(-c3nc(C(C)C)cs3)nc2c1F. The molecule has 4 atom stereocenters. The molecule has 0 radical (unpaired) electrons. The summed E-state index contributed by atoms with van der Waals surface area (Å²) >= 11 is 1.38. The molecular weight excluding hydrogens is 724 g/mol. The molecule has 4 heterocycles. The number of rotatable bonds is 8. The molecule has 0 unspecified atom stereocenters. The summed E-state index contributed by atoms with van der Waals surface area (Å²) in [6.45, 7) is 6.11. The summed E-state index contributed by atoms with van der Waals surface area (Å²) in [5, 5.41) is 5.74. The van der Waals surface area contributed by atoms with Crippen LogP contribution < -0.4 is 19.5 Å². The van der Waals surface area contributed by atoms with E-state index >= 15 is 4.39 Å². The van der Waals surface area contributed by atoms with Crippen LogP contribution in [0.15, 0.2) is 35.7 Å². The number of ether oxygens (including phenoxy) is 2. The number of hydrogen-bond donors (Lipinski definition) is 2. The molecule has 1 saturated heterocycles. The zero-order valence-electron chi connectivity index (χ0n) is 30.5. The highest BCUT2D eigenvalue weighted by molar-refractivity contribution is 7.91. The van der Waals surface area contributed by atoms with Crippen LogP contribution in [0.25, 0.3) is 21.6 Å². The number of nitrogens with zero attached hydrogens (tertiary/aromatic N) is 4. The van der Waals surface area contributed by atoms with Gasteiger partial charge in [0.15, 0.2) is 11.6 Å². The van der Waals surface area contributed by atoms with E-state index in [0.717, 1.165) is 18.5 Å². The highest BCUT2D eigenvalue weighted by atomic mass is 32.2. The monoisotopic (exact) mass is 768 g/mol. The molecule has 0 spiro atoms.